The van der Waals surface area contributed by atoms with Gasteiger partial charge < -0.3 is 15.0 Å². The number of hydrogen-bond acceptors (Lipinski definition) is 3. The number of nitrogens with one attached hydrogen (secondary N) is 1. The summed E-state index contributed by atoms with van der Waals surface area (Å²) >= 11 is 5.90. The molecule has 0 aliphatic carbocycles. The molecule has 0 bridgehead atoms. The first-order valence-corrected chi connectivity index (χ1v) is 9.99. The number of likely N-dealkylation sites (tertiary alicyclic amines) is 1. The lowest BCUT2D eigenvalue weighted by atomic mass is 9.84. The maximum absolute atomic E-state index is 12.5. The first-order valence-electron chi connectivity index (χ1n) is 9.62. The molecule has 0 radical (unpaired) electrons. The Labute approximate surface area is 165 Å². The summed E-state index contributed by atoms with van der Waals surface area (Å²) in [6.07, 6.45) is 2.64. The van der Waals surface area contributed by atoms with E-state index in [1.54, 1.807) is 0 Å². The van der Waals surface area contributed by atoms with Crippen molar-refractivity contribution < 1.29 is 9.53 Å². The first kappa shape index (κ1) is 18.5. The number of benzene rings is 2. The van der Waals surface area contributed by atoms with Crippen molar-refractivity contribution in [3.05, 3.63) is 70.2 Å². The van der Waals surface area contributed by atoms with Gasteiger partial charge in [-0.3, -0.25) is 4.79 Å². The zero-order valence-electron chi connectivity index (χ0n) is 15.4. The molecule has 5 heteroatoms. The zero-order valence-corrected chi connectivity index (χ0v) is 16.2. The lowest BCUT2D eigenvalue weighted by molar-refractivity contribution is -0.137. The van der Waals surface area contributed by atoms with Crippen molar-refractivity contribution in [3.8, 4) is 0 Å². The van der Waals surface area contributed by atoms with Crippen molar-refractivity contribution in [2.45, 2.75) is 31.5 Å². The Morgan fingerprint density at radius 3 is 2.63 bits per heavy atom. The Hall–Kier alpha value is -1.88. The Morgan fingerprint density at radius 1 is 1.11 bits per heavy atom. The van der Waals surface area contributed by atoms with Crippen molar-refractivity contribution in [2.75, 3.05) is 26.2 Å². The highest BCUT2D eigenvalue weighted by atomic mass is 35.5. The molecule has 0 unspecified atom stereocenters. The summed E-state index contributed by atoms with van der Waals surface area (Å²) in [5.74, 6) is 0.173. The van der Waals surface area contributed by atoms with Crippen molar-refractivity contribution in [2.24, 2.45) is 0 Å². The average molecular weight is 385 g/mol. The smallest absolute Gasteiger partial charge is 0.236 e. The molecule has 0 atom stereocenters. The van der Waals surface area contributed by atoms with Crippen molar-refractivity contribution in [3.63, 3.8) is 0 Å². The van der Waals surface area contributed by atoms with Gasteiger partial charge in [0.1, 0.15) is 0 Å². The molecule has 27 heavy (non-hydrogen) atoms. The number of hydrogen-bond donors (Lipinski definition) is 1. The third-order valence-corrected chi connectivity index (χ3v) is 5.97. The van der Waals surface area contributed by atoms with E-state index < -0.39 is 0 Å². The number of fused-ring (bicyclic) bond motifs is 2. The third kappa shape index (κ3) is 4.03. The molecule has 1 amide bonds. The van der Waals surface area contributed by atoms with Gasteiger partial charge in [0.25, 0.3) is 0 Å². The number of nitrogens with zero attached hydrogens (tertiary/aromatic N) is 1. The number of carbonyl (C=O) groups excluding carboxylic acids is 1. The number of ether oxygens (including phenoxy) is 1. The lowest BCUT2D eigenvalue weighted by Gasteiger charge is -2.39. The Balaban J connectivity index is 1.23. The molecular weight excluding hydrogens is 360 g/mol. The highest BCUT2D eigenvalue weighted by Gasteiger charge is 2.42. The summed E-state index contributed by atoms with van der Waals surface area (Å²) in [4.78, 5) is 14.5. The SMILES string of the molecule is O=C(CNCCc1ccc(Cl)cc1)N1CCC2(CC1)OCc1ccccc12. The second-order valence-corrected chi connectivity index (χ2v) is 7.81. The van der Waals surface area contributed by atoms with Crippen molar-refractivity contribution in [1.29, 1.82) is 0 Å². The molecule has 1 N–H and O–H groups in total. The second-order valence-electron chi connectivity index (χ2n) is 7.37. The third-order valence-electron chi connectivity index (χ3n) is 5.72. The van der Waals surface area contributed by atoms with E-state index in [0.29, 0.717) is 13.2 Å². The Morgan fingerprint density at radius 2 is 1.85 bits per heavy atom. The van der Waals surface area contributed by atoms with E-state index in [9.17, 15) is 4.79 Å². The molecule has 142 valence electrons. The summed E-state index contributed by atoms with van der Waals surface area (Å²) in [7, 11) is 0. The predicted molar refractivity (Wildman–Crippen MR) is 107 cm³/mol. The quantitative estimate of drug-likeness (QED) is 0.802. The molecule has 0 aromatic heterocycles. The first-order chi connectivity index (χ1) is 13.2. The van der Waals surface area contributed by atoms with Crippen molar-refractivity contribution >= 4 is 17.5 Å². The zero-order chi connectivity index (χ0) is 18.7. The summed E-state index contributed by atoms with van der Waals surface area (Å²) in [5, 5.41) is 4.02. The molecular formula is C22H25ClN2O2. The summed E-state index contributed by atoms with van der Waals surface area (Å²) in [5.41, 5.74) is 3.64. The van der Waals surface area contributed by atoms with Gasteiger partial charge in [-0.2, -0.15) is 0 Å². The minimum Gasteiger partial charge on any atom is -0.365 e. The Kier molecular flexibility index (Phi) is 5.48. The van der Waals surface area contributed by atoms with E-state index in [0.717, 1.165) is 43.9 Å². The number of halogens is 1. The highest BCUT2D eigenvalue weighted by Crippen LogP contribution is 2.43. The van der Waals surface area contributed by atoms with Gasteiger partial charge in [-0.1, -0.05) is 48.0 Å². The topological polar surface area (TPSA) is 41.6 Å². The highest BCUT2D eigenvalue weighted by molar-refractivity contribution is 6.30. The fraction of sp³-hybridized carbons (Fsp3) is 0.409. The number of piperidine rings is 1. The van der Waals surface area contributed by atoms with Crippen LogP contribution in [0.15, 0.2) is 48.5 Å². The van der Waals surface area contributed by atoms with Crippen LogP contribution in [0, 0.1) is 0 Å². The van der Waals surface area contributed by atoms with E-state index in [1.165, 1.54) is 16.7 Å². The molecule has 4 rings (SSSR count). The minimum absolute atomic E-state index is 0.173. The summed E-state index contributed by atoms with van der Waals surface area (Å²) in [6, 6.07) is 16.3. The molecule has 4 nitrogen and oxygen atoms in total. The van der Waals surface area contributed by atoms with Gasteiger partial charge in [0.2, 0.25) is 5.91 Å². The van der Waals surface area contributed by atoms with Crippen LogP contribution in [0.25, 0.3) is 0 Å². The monoisotopic (exact) mass is 384 g/mol. The molecule has 1 saturated heterocycles. The maximum Gasteiger partial charge on any atom is 0.236 e. The molecule has 2 aromatic carbocycles. The van der Waals surface area contributed by atoms with Gasteiger partial charge in [-0.25, -0.2) is 0 Å². The fourth-order valence-electron chi connectivity index (χ4n) is 4.11. The fourth-order valence-corrected chi connectivity index (χ4v) is 4.23. The van der Waals surface area contributed by atoms with Gasteiger partial charge in [0.15, 0.2) is 0 Å². The molecule has 2 aromatic rings. The minimum atomic E-state index is -0.185. The van der Waals surface area contributed by atoms with Crippen LogP contribution in [0.3, 0.4) is 0 Å². The van der Waals surface area contributed by atoms with E-state index in [4.69, 9.17) is 16.3 Å². The number of rotatable bonds is 5. The van der Waals surface area contributed by atoms with Crippen molar-refractivity contribution in [1.82, 2.24) is 10.2 Å². The van der Waals surface area contributed by atoms with E-state index >= 15 is 0 Å². The summed E-state index contributed by atoms with van der Waals surface area (Å²) in [6.45, 7) is 3.37. The second kappa shape index (κ2) is 8.01. The van der Waals surface area contributed by atoms with E-state index in [-0.39, 0.29) is 11.5 Å². The number of amides is 1. The molecule has 0 saturated carbocycles. The van der Waals surface area contributed by atoms with Crippen LogP contribution in [0.4, 0.5) is 0 Å². The van der Waals surface area contributed by atoms with Crippen LogP contribution < -0.4 is 5.32 Å². The Bertz CT molecular complexity index is 798. The maximum atomic E-state index is 12.5. The van der Waals surface area contributed by atoms with Crippen LogP contribution in [0.1, 0.15) is 29.5 Å². The number of carbonyl (C=O) groups is 1. The van der Waals surface area contributed by atoms with Gasteiger partial charge in [-0.05, 0) is 54.6 Å². The standard InChI is InChI=1S/C22H25ClN2O2/c23-19-7-5-17(6-8-19)9-12-24-15-21(26)25-13-10-22(11-14-25)20-4-2-1-3-18(20)16-27-22/h1-8,24H,9-16H2. The molecule has 1 spiro atoms. The van der Waals surface area contributed by atoms with Gasteiger partial charge in [0, 0.05) is 18.1 Å². The molecule has 2 aliphatic heterocycles. The van der Waals surface area contributed by atoms with Crippen LogP contribution >= 0.6 is 11.6 Å². The predicted octanol–water partition coefficient (Wildman–Crippen LogP) is 3.52. The molecule has 2 aliphatic rings. The normalized spacial score (nSPS) is 17.9. The summed E-state index contributed by atoms with van der Waals surface area (Å²) < 4.78 is 6.17. The van der Waals surface area contributed by atoms with Crippen LogP contribution in [-0.2, 0) is 28.2 Å². The van der Waals surface area contributed by atoms with Gasteiger partial charge in [0.05, 0.1) is 18.8 Å². The van der Waals surface area contributed by atoms with Crippen LogP contribution in [0.5, 0.6) is 0 Å². The van der Waals surface area contributed by atoms with Gasteiger partial charge in [-0.15, -0.1) is 0 Å². The van der Waals surface area contributed by atoms with E-state index in [1.807, 2.05) is 29.2 Å². The average Bonchev–Trinajstić information content (AvgIpc) is 3.05. The van der Waals surface area contributed by atoms with Crippen LogP contribution in [0.2, 0.25) is 5.02 Å². The molecule has 1 fully saturated rings. The van der Waals surface area contributed by atoms with Crippen LogP contribution in [-0.4, -0.2) is 37.0 Å². The molecule has 2 heterocycles. The van der Waals surface area contributed by atoms with Gasteiger partial charge >= 0.3 is 0 Å². The van der Waals surface area contributed by atoms with E-state index in [2.05, 4.69) is 29.6 Å². The lowest BCUT2D eigenvalue weighted by Crippen LogP contribution is -2.47. The largest absolute Gasteiger partial charge is 0.365 e.